The molecule has 0 aliphatic carbocycles. The van der Waals surface area contributed by atoms with E-state index in [1.165, 1.54) is 17.0 Å². The molecule has 0 aliphatic rings. The lowest BCUT2D eigenvalue weighted by molar-refractivity contribution is -0.115. The van der Waals surface area contributed by atoms with Crippen LogP contribution in [-0.2, 0) is 4.79 Å². The zero-order valence-electron chi connectivity index (χ0n) is 20.0. The summed E-state index contributed by atoms with van der Waals surface area (Å²) in [5.41, 5.74) is 0.999. The van der Waals surface area contributed by atoms with Gasteiger partial charge >= 0.3 is 0 Å². The number of carbonyl (C=O) groups is 2. The molecular weight excluding hydrogens is 450 g/mol. The molecule has 0 radical (unpaired) electrons. The minimum atomic E-state index is -0.472. The number of aromatic amines is 1. The van der Waals surface area contributed by atoms with Crippen LogP contribution in [0.4, 0.5) is 17.1 Å². The summed E-state index contributed by atoms with van der Waals surface area (Å²) < 4.78 is 0. The van der Waals surface area contributed by atoms with Gasteiger partial charge in [0.2, 0.25) is 11.8 Å². The number of benzene rings is 2. The van der Waals surface area contributed by atoms with E-state index >= 15 is 0 Å². The van der Waals surface area contributed by atoms with Gasteiger partial charge in [0.15, 0.2) is 11.4 Å². The first kappa shape index (κ1) is 25.2. The van der Waals surface area contributed by atoms with Crippen molar-refractivity contribution in [1.29, 1.82) is 0 Å². The van der Waals surface area contributed by atoms with Gasteiger partial charge in [0.05, 0.1) is 17.3 Å². The number of para-hydroxylation sites is 1. The maximum Gasteiger partial charge on any atom is 0.266 e. The Bertz CT molecular complexity index is 1250. The van der Waals surface area contributed by atoms with E-state index < -0.39 is 23.6 Å². The lowest BCUT2D eigenvalue weighted by atomic mass is 10.1. The number of anilines is 2. The van der Waals surface area contributed by atoms with Gasteiger partial charge in [-0.3, -0.25) is 14.6 Å². The summed E-state index contributed by atoms with van der Waals surface area (Å²) in [5.74, 6) is -2.12. The second-order valence-electron chi connectivity index (χ2n) is 8.09. The van der Waals surface area contributed by atoms with E-state index in [4.69, 9.17) is 0 Å². The molecule has 3 rings (SSSR count). The van der Waals surface area contributed by atoms with E-state index in [1.807, 2.05) is 37.3 Å². The van der Waals surface area contributed by atoms with Crippen LogP contribution in [0.2, 0.25) is 0 Å². The van der Waals surface area contributed by atoms with E-state index in [0.717, 1.165) is 5.56 Å². The fraction of sp³-hybridized carbons (Fsp3) is 0.240. The number of phenols is 1. The minimum absolute atomic E-state index is 0.0489. The number of hydrogen-bond acceptors (Lipinski definition) is 7. The molecule has 0 saturated carbocycles. The number of rotatable bonds is 8. The van der Waals surface area contributed by atoms with Crippen LogP contribution in [0.1, 0.15) is 42.2 Å². The van der Waals surface area contributed by atoms with Crippen molar-refractivity contribution in [3.63, 3.8) is 0 Å². The zero-order chi connectivity index (χ0) is 25.7. The van der Waals surface area contributed by atoms with E-state index in [-0.39, 0.29) is 46.5 Å². The Balaban J connectivity index is 1.93. The average Bonchev–Trinajstić information content (AvgIpc) is 3.10. The Morgan fingerprint density at radius 2 is 1.71 bits per heavy atom. The average molecular weight is 480 g/mol. The molecule has 1 heterocycles. The molecule has 0 aliphatic heterocycles. The Hall–Kier alpha value is -4.47. The number of hydrogen-bond donors (Lipinski definition) is 6. The zero-order valence-corrected chi connectivity index (χ0v) is 20.0. The number of H-pyrrole nitrogens is 1. The van der Waals surface area contributed by atoms with Crippen LogP contribution in [0.5, 0.6) is 17.5 Å². The lowest BCUT2D eigenvalue weighted by Crippen LogP contribution is -2.32. The Morgan fingerprint density at radius 1 is 1.03 bits per heavy atom. The molecule has 10 heteroatoms. The second-order valence-corrected chi connectivity index (χ2v) is 8.09. The molecule has 0 bridgehead atoms. The van der Waals surface area contributed by atoms with Crippen LogP contribution in [0.25, 0.3) is 0 Å². The first-order valence-electron chi connectivity index (χ1n) is 11.0. The Morgan fingerprint density at radius 3 is 2.34 bits per heavy atom. The van der Waals surface area contributed by atoms with Crippen LogP contribution in [0.3, 0.4) is 0 Å². The fourth-order valence-corrected chi connectivity index (χ4v) is 3.41. The van der Waals surface area contributed by atoms with E-state index in [9.17, 15) is 24.9 Å². The molecule has 2 aromatic carbocycles. The number of aliphatic imine (C=N–C) groups is 1. The summed E-state index contributed by atoms with van der Waals surface area (Å²) in [6.45, 7) is 3.59. The highest BCUT2D eigenvalue weighted by Crippen LogP contribution is 2.45. The van der Waals surface area contributed by atoms with Crippen LogP contribution >= 0.6 is 0 Å². The highest BCUT2D eigenvalue weighted by molar-refractivity contribution is 6.39. The second kappa shape index (κ2) is 10.6. The van der Waals surface area contributed by atoms with Crippen molar-refractivity contribution in [3.05, 3.63) is 59.7 Å². The van der Waals surface area contributed by atoms with Gasteiger partial charge in [0, 0.05) is 14.1 Å². The van der Waals surface area contributed by atoms with Crippen molar-refractivity contribution in [2.75, 3.05) is 19.4 Å². The first-order valence-corrected chi connectivity index (χ1v) is 11.0. The van der Waals surface area contributed by atoms with Crippen LogP contribution in [0.15, 0.2) is 53.5 Å². The summed E-state index contributed by atoms with van der Waals surface area (Å²) in [6.07, 6.45) is 0.246. The van der Waals surface area contributed by atoms with Crippen molar-refractivity contribution < 1.29 is 24.9 Å². The quantitative estimate of drug-likeness (QED) is 0.213. The summed E-state index contributed by atoms with van der Waals surface area (Å²) in [4.78, 5) is 33.2. The molecule has 35 heavy (non-hydrogen) atoms. The van der Waals surface area contributed by atoms with E-state index in [0.29, 0.717) is 0 Å². The molecule has 1 unspecified atom stereocenters. The summed E-state index contributed by atoms with van der Waals surface area (Å²) in [6, 6.07) is 13.7. The molecule has 0 spiro atoms. The largest absolute Gasteiger partial charge is 0.505 e. The molecule has 1 atom stereocenters. The molecular formula is C25H29N5O5. The van der Waals surface area contributed by atoms with Crippen molar-refractivity contribution in [2.24, 2.45) is 4.99 Å². The molecule has 0 fully saturated rings. The standard InChI is InChI=1S/C25H29N5O5/c1-5-17(22(32)26-14(2)15-10-7-6-8-11-15)27-19-20(24(34)29-23(19)33)28-18-13-9-12-16(21(18)31)25(35)30(3)4/h6-14,28-29,31,33-34H,5H2,1-4H3,(H,26,32). The van der Waals surface area contributed by atoms with Crippen molar-refractivity contribution in [3.8, 4) is 17.5 Å². The predicted octanol–water partition coefficient (Wildman–Crippen LogP) is 3.94. The molecule has 1 aromatic heterocycles. The Kier molecular flexibility index (Phi) is 7.65. The SMILES string of the molecule is CCC(=Nc1c(O)[nH]c(O)c1Nc1cccc(C(=O)N(C)C)c1O)C(=O)NC(C)c1ccccc1. The van der Waals surface area contributed by atoms with E-state index in [1.54, 1.807) is 27.1 Å². The molecule has 3 aromatic rings. The summed E-state index contributed by atoms with van der Waals surface area (Å²) in [7, 11) is 3.11. The molecule has 2 amide bonds. The third-order valence-electron chi connectivity index (χ3n) is 5.36. The first-order chi connectivity index (χ1) is 16.6. The predicted molar refractivity (Wildman–Crippen MR) is 134 cm³/mol. The number of phenolic OH excluding ortho intramolecular Hbond substituents is 1. The van der Waals surface area contributed by atoms with Crippen molar-refractivity contribution in [1.82, 2.24) is 15.2 Å². The highest BCUT2D eigenvalue weighted by atomic mass is 16.3. The smallest absolute Gasteiger partial charge is 0.266 e. The maximum absolute atomic E-state index is 12.9. The highest BCUT2D eigenvalue weighted by Gasteiger charge is 2.23. The van der Waals surface area contributed by atoms with Gasteiger partial charge in [0.25, 0.3) is 11.8 Å². The molecule has 10 nitrogen and oxygen atoms in total. The Labute approximate surface area is 202 Å². The number of aromatic hydroxyl groups is 3. The molecule has 0 saturated heterocycles. The minimum Gasteiger partial charge on any atom is -0.505 e. The van der Waals surface area contributed by atoms with Crippen molar-refractivity contribution in [2.45, 2.75) is 26.3 Å². The summed E-state index contributed by atoms with van der Waals surface area (Å²) >= 11 is 0. The van der Waals surface area contributed by atoms with Gasteiger partial charge in [-0.25, -0.2) is 4.99 Å². The van der Waals surface area contributed by atoms with Crippen LogP contribution < -0.4 is 10.6 Å². The monoisotopic (exact) mass is 479 g/mol. The number of nitrogens with one attached hydrogen (secondary N) is 3. The third kappa shape index (κ3) is 5.55. The number of nitrogens with zero attached hydrogens (tertiary/aromatic N) is 2. The number of carbonyl (C=O) groups excluding carboxylic acids is 2. The fourth-order valence-electron chi connectivity index (χ4n) is 3.41. The van der Waals surface area contributed by atoms with E-state index in [2.05, 4.69) is 20.6 Å². The molecule has 184 valence electrons. The maximum atomic E-state index is 12.9. The lowest BCUT2D eigenvalue weighted by Gasteiger charge is -2.16. The van der Waals surface area contributed by atoms with Gasteiger partial charge in [-0.05, 0) is 31.0 Å². The summed E-state index contributed by atoms with van der Waals surface area (Å²) in [5, 5.41) is 37.0. The van der Waals surface area contributed by atoms with Gasteiger partial charge in [-0.2, -0.15) is 0 Å². The van der Waals surface area contributed by atoms with Gasteiger partial charge in [-0.15, -0.1) is 0 Å². The number of amides is 2. The topological polar surface area (TPSA) is 150 Å². The normalized spacial score (nSPS) is 12.2. The van der Waals surface area contributed by atoms with Gasteiger partial charge in [0.1, 0.15) is 11.4 Å². The molecule has 6 N–H and O–H groups in total. The third-order valence-corrected chi connectivity index (χ3v) is 5.36. The van der Waals surface area contributed by atoms with Crippen molar-refractivity contribution >= 4 is 34.6 Å². The van der Waals surface area contributed by atoms with Gasteiger partial charge < -0.3 is 30.9 Å². The van der Waals surface area contributed by atoms with Crippen LogP contribution in [0, 0.1) is 0 Å². The van der Waals surface area contributed by atoms with Gasteiger partial charge in [-0.1, -0.05) is 43.3 Å². The number of aromatic nitrogens is 1. The van der Waals surface area contributed by atoms with Crippen LogP contribution in [-0.4, -0.2) is 56.8 Å².